The molecular weight excluding hydrogens is 357 g/mol. The molecule has 2 aromatic rings. The Bertz CT molecular complexity index is 802. The number of carboxylic acid groups (broad SMARTS) is 1. The van der Waals surface area contributed by atoms with E-state index < -0.39 is 5.97 Å². The van der Waals surface area contributed by atoms with Gasteiger partial charge in [0.05, 0.1) is 17.9 Å². The first-order valence-electron chi connectivity index (χ1n) is 8.41. The van der Waals surface area contributed by atoms with Gasteiger partial charge in [0.25, 0.3) is 5.91 Å². The van der Waals surface area contributed by atoms with Gasteiger partial charge in [-0.1, -0.05) is 12.1 Å². The summed E-state index contributed by atoms with van der Waals surface area (Å²) in [6.45, 7) is 2.76. The van der Waals surface area contributed by atoms with Gasteiger partial charge < -0.3 is 15.2 Å². The number of hydrogen-bond donors (Lipinski definition) is 2. The van der Waals surface area contributed by atoms with Crippen LogP contribution in [0.5, 0.6) is 0 Å². The molecule has 1 saturated heterocycles. The molecular formula is C19H20FNO4S. The molecule has 2 N–H and O–H groups in total. The molecule has 1 aromatic carbocycles. The second-order valence-corrected chi connectivity index (χ2v) is 7.65. The summed E-state index contributed by atoms with van der Waals surface area (Å²) < 4.78 is 18.5. The van der Waals surface area contributed by atoms with Crippen LogP contribution in [0.4, 0.5) is 4.39 Å². The number of carbonyl (C=O) groups excluding carboxylic acids is 1. The minimum atomic E-state index is -0.898. The number of halogens is 1. The van der Waals surface area contributed by atoms with Gasteiger partial charge in [0, 0.05) is 23.4 Å². The molecule has 1 aromatic heterocycles. The number of aliphatic carboxylic acids is 1. The van der Waals surface area contributed by atoms with Crippen molar-refractivity contribution >= 4 is 23.2 Å². The smallest absolute Gasteiger partial charge is 0.303 e. The van der Waals surface area contributed by atoms with Gasteiger partial charge in [-0.2, -0.15) is 0 Å². The van der Waals surface area contributed by atoms with Crippen molar-refractivity contribution in [1.29, 1.82) is 0 Å². The first-order valence-corrected chi connectivity index (χ1v) is 9.22. The molecule has 0 bridgehead atoms. The number of carbonyl (C=O) groups is 2. The fourth-order valence-corrected chi connectivity index (χ4v) is 4.11. The van der Waals surface area contributed by atoms with Crippen molar-refractivity contribution < 1.29 is 23.8 Å². The van der Waals surface area contributed by atoms with Gasteiger partial charge in [0.2, 0.25) is 0 Å². The maximum Gasteiger partial charge on any atom is 0.303 e. The minimum Gasteiger partial charge on any atom is -0.481 e. The first-order chi connectivity index (χ1) is 12.4. The molecule has 5 nitrogen and oxygen atoms in total. The topological polar surface area (TPSA) is 75.6 Å². The Morgan fingerprint density at radius 3 is 2.77 bits per heavy atom. The number of ether oxygens (including phenoxy) is 1. The van der Waals surface area contributed by atoms with Gasteiger partial charge in [-0.3, -0.25) is 9.59 Å². The highest BCUT2D eigenvalue weighted by molar-refractivity contribution is 7.14. The third-order valence-electron chi connectivity index (χ3n) is 4.52. The molecule has 2 atom stereocenters. The molecule has 2 heterocycles. The number of amides is 1. The molecule has 138 valence electrons. The molecule has 0 radical (unpaired) electrons. The van der Waals surface area contributed by atoms with Gasteiger partial charge in [-0.15, -0.1) is 11.3 Å². The third-order valence-corrected chi connectivity index (χ3v) is 5.57. The summed E-state index contributed by atoms with van der Waals surface area (Å²) in [4.78, 5) is 25.2. The van der Waals surface area contributed by atoms with Crippen LogP contribution in [0.1, 0.15) is 27.4 Å². The fourth-order valence-electron chi connectivity index (χ4n) is 3.16. The summed E-state index contributed by atoms with van der Waals surface area (Å²) in [5.41, 5.74) is 1.75. The second-order valence-electron chi connectivity index (χ2n) is 6.39. The number of nitrogens with one attached hydrogen (secondary N) is 1. The summed E-state index contributed by atoms with van der Waals surface area (Å²) in [5, 5.41) is 12.0. The number of rotatable bonds is 5. The van der Waals surface area contributed by atoms with Crippen molar-refractivity contribution in [2.75, 3.05) is 13.2 Å². The van der Waals surface area contributed by atoms with Crippen molar-refractivity contribution in [2.45, 2.75) is 25.8 Å². The maximum absolute atomic E-state index is 13.1. The monoisotopic (exact) mass is 377 g/mol. The number of thiophene rings is 1. The Morgan fingerprint density at radius 1 is 1.35 bits per heavy atom. The number of benzene rings is 1. The molecule has 1 amide bonds. The molecule has 3 rings (SSSR count). The van der Waals surface area contributed by atoms with Crippen molar-refractivity contribution in [3.05, 3.63) is 45.9 Å². The van der Waals surface area contributed by atoms with Crippen LogP contribution in [0.2, 0.25) is 0 Å². The number of hydrogen-bond acceptors (Lipinski definition) is 4. The number of carboxylic acids is 1. The zero-order chi connectivity index (χ0) is 18.7. The summed E-state index contributed by atoms with van der Waals surface area (Å²) in [7, 11) is 0. The highest BCUT2D eigenvalue weighted by Crippen LogP contribution is 2.31. The molecule has 0 spiro atoms. The van der Waals surface area contributed by atoms with E-state index in [2.05, 4.69) is 5.32 Å². The molecule has 1 aliphatic rings. The average molecular weight is 377 g/mol. The third kappa shape index (κ3) is 4.28. The van der Waals surface area contributed by atoms with Gasteiger partial charge in [0.15, 0.2) is 0 Å². The zero-order valence-electron chi connectivity index (χ0n) is 14.3. The summed E-state index contributed by atoms with van der Waals surface area (Å²) in [6.07, 6.45) is 0.564. The lowest BCUT2D eigenvalue weighted by molar-refractivity contribution is -0.139. The van der Waals surface area contributed by atoms with Crippen molar-refractivity contribution in [3.63, 3.8) is 0 Å². The largest absolute Gasteiger partial charge is 0.481 e. The lowest BCUT2D eigenvalue weighted by Gasteiger charge is -2.31. The molecule has 1 fully saturated rings. The van der Waals surface area contributed by atoms with Crippen LogP contribution in [0, 0.1) is 18.7 Å². The molecule has 0 aliphatic carbocycles. The first kappa shape index (κ1) is 18.5. The van der Waals surface area contributed by atoms with Crippen LogP contribution in [0.25, 0.3) is 11.1 Å². The Hall–Kier alpha value is -2.25. The van der Waals surface area contributed by atoms with E-state index in [9.17, 15) is 14.0 Å². The van der Waals surface area contributed by atoms with E-state index in [1.165, 1.54) is 23.5 Å². The molecule has 7 heteroatoms. The van der Waals surface area contributed by atoms with E-state index in [1.807, 2.05) is 6.92 Å². The van der Waals surface area contributed by atoms with Gasteiger partial charge in [-0.25, -0.2) is 4.39 Å². The summed E-state index contributed by atoms with van der Waals surface area (Å²) in [5.74, 6) is -1.65. The van der Waals surface area contributed by atoms with Crippen LogP contribution in [-0.2, 0) is 9.53 Å². The van der Waals surface area contributed by atoms with Gasteiger partial charge >= 0.3 is 5.97 Å². The predicted octanol–water partition coefficient (Wildman–Crippen LogP) is 3.47. The molecule has 1 aliphatic heterocycles. The Morgan fingerprint density at radius 2 is 2.08 bits per heavy atom. The molecule has 26 heavy (non-hydrogen) atoms. The van der Waals surface area contributed by atoms with Crippen LogP contribution in [0.3, 0.4) is 0 Å². The Labute approximate surface area is 154 Å². The maximum atomic E-state index is 13.1. The van der Waals surface area contributed by atoms with Gasteiger partial charge in [-0.05, 0) is 42.7 Å². The fraction of sp³-hybridized carbons (Fsp3) is 0.368. The van der Waals surface area contributed by atoms with Crippen molar-refractivity contribution in [1.82, 2.24) is 5.32 Å². The second kappa shape index (κ2) is 7.97. The van der Waals surface area contributed by atoms with Gasteiger partial charge in [0.1, 0.15) is 5.82 Å². The number of aryl methyl sites for hydroxylation is 1. The van der Waals surface area contributed by atoms with E-state index in [0.717, 1.165) is 16.0 Å². The van der Waals surface area contributed by atoms with Crippen LogP contribution in [-0.4, -0.2) is 36.2 Å². The predicted molar refractivity (Wildman–Crippen MR) is 96.9 cm³/mol. The highest BCUT2D eigenvalue weighted by Gasteiger charge is 2.29. The Kier molecular flexibility index (Phi) is 5.68. The standard InChI is InChI=1S/C19H20FNO4S/c1-11-15(12-2-4-14(20)5-3-12)9-17(26-11)19(24)21-16-6-7-25-10-13(16)8-18(22)23/h2-5,9,13,16H,6-8,10H2,1H3,(H,21,24)(H,22,23). The Balaban J connectivity index is 1.74. The van der Waals surface area contributed by atoms with Crippen molar-refractivity contribution in [2.24, 2.45) is 5.92 Å². The molecule has 2 unspecified atom stereocenters. The normalized spacial score (nSPS) is 19.9. The SMILES string of the molecule is Cc1sc(C(=O)NC2CCOCC2CC(=O)O)cc1-c1ccc(F)cc1. The lowest BCUT2D eigenvalue weighted by Crippen LogP contribution is -2.46. The minimum absolute atomic E-state index is 0.0325. The quantitative estimate of drug-likeness (QED) is 0.837. The van der Waals surface area contributed by atoms with E-state index in [0.29, 0.717) is 24.5 Å². The molecule has 0 saturated carbocycles. The summed E-state index contributed by atoms with van der Waals surface area (Å²) in [6, 6.07) is 7.74. The van der Waals surface area contributed by atoms with Crippen LogP contribution in [0.15, 0.2) is 30.3 Å². The van der Waals surface area contributed by atoms with E-state index in [4.69, 9.17) is 9.84 Å². The van der Waals surface area contributed by atoms with Crippen LogP contribution >= 0.6 is 11.3 Å². The van der Waals surface area contributed by atoms with Crippen molar-refractivity contribution in [3.8, 4) is 11.1 Å². The highest BCUT2D eigenvalue weighted by atomic mass is 32.1. The average Bonchev–Trinajstić information content (AvgIpc) is 2.99. The van der Waals surface area contributed by atoms with E-state index >= 15 is 0 Å². The van der Waals surface area contributed by atoms with Crippen LogP contribution < -0.4 is 5.32 Å². The lowest BCUT2D eigenvalue weighted by atomic mass is 9.92. The van der Waals surface area contributed by atoms with E-state index in [1.54, 1.807) is 18.2 Å². The zero-order valence-corrected chi connectivity index (χ0v) is 15.1. The van der Waals surface area contributed by atoms with E-state index in [-0.39, 0.29) is 30.1 Å². The summed E-state index contributed by atoms with van der Waals surface area (Å²) >= 11 is 1.37.